The van der Waals surface area contributed by atoms with E-state index in [1.165, 1.54) is 0 Å². The minimum atomic E-state index is 0.447. The molecule has 1 N–H and O–H groups in total. The third-order valence-electron chi connectivity index (χ3n) is 1.96. The molecule has 0 bridgehead atoms. The van der Waals surface area contributed by atoms with Crippen LogP contribution in [0.25, 0.3) is 0 Å². The van der Waals surface area contributed by atoms with Gasteiger partial charge in [-0.15, -0.1) is 0 Å². The van der Waals surface area contributed by atoms with Crippen LogP contribution in [0.2, 0.25) is 0 Å². The van der Waals surface area contributed by atoms with E-state index in [2.05, 4.69) is 63.1 Å². The normalized spacial score (nSPS) is 13.5. The van der Waals surface area contributed by atoms with Crippen molar-refractivity contribution in [1.82, 2.24) is 10.2 Å². The molecule has 1 rings (SSSR count). The lowest BCUT2D eigenvalue weighted by atomic mass is 10.3. The van der Waals surface area contributed by atoms with Crippen LogP contribution in [0, 0.1) is 0 Å². The van der Waals surface area contributed by atoms with Gasteiger partial charge in [-0.25, -0.2) is 0 Å². The first kappa shape index (κ1) is 13.2. The summed E-state index contributed by atoms with van der Waals surface area (Å²) < 4.78 is 7.17. The lowest BCUT2D eigenvalue weighted by molar-refractivity contribution is 0.340. The Morgan fingerprint density at radius 3 is 2.60 bits per heavy atom. The molecule has 0 saturated carbocycles. The van der Waals surface area contributed by atoms with Gasteiger partial charge in [-0.3, -0.25) is 0 Å². The molecule has 0 aliphatic carbocycles. The van der Waals surface area contributed by atoms with Crippen molar-refractivity contribution in [3.63, 3.8) is 0 Å². The summed E-state index contributed by atoms with van der Waals surface area (Å²) in [6.45, 7) is 3.93. The van der Waals surface area contributed by atoms with Crippen LogP contribution in [0.15, 0.2) is 19.6 Å². The maximum absolute atomic E-state index is 5.46. The summed E-state index contributed by atoms with van der Waals surface area (Å²) in [5.41, 5.74) is 0. The SMILES string of the molecule is CC(CN(C)C)NCc1cc(Br)c(Br)o1. The van der Waals surface area contributed by atoms with Crippen molar-refractivity contribution in [3.05, 3.63) is 21.0 Å². The van der Waals surface area contributed by atoms with E-state index in [1.54, 1.807) is 0 Å². The van der Waals surface area contributed by atoms with Crippen LogP contribution in [-0.4, -0.2) is 31.6 Å². The van der Waals surface area contributed by atoms with E-state index in [-0.39, 0.29) is 0 Å². The van der Waals surface area contributed by atoms with Crippen LogP contribution in [0.5, 0.6) is 0 Å². The zero-order chi connectivity index (χ0) is 11.4. The van der Waals surface area contributed by atoms with Crippen LogP contribution >= 0.6 is 31.9 Å². The fourth-order valence-electron chi connectivity index (χ4n) is 1.37. The van der Waals surface area contributed by atoms with Crippen molar-refractivity contribution in [2.75, 3.05) is 20.6 Å². The fraction of sp³-hybridized carbons (Fsp3) is 0.600. The standard InChI is InChI=1S/C10H16Br2N2O/c1-7(6-14(2)3)13-5-8-4-9(11)10(12)15-8/h4,7,13H,5-6H2,1-3H3. The molecule has 0 spiro atoms. The molecule has 0 aliphatic heterocycles. The number of likely N-dealkylation sites (N-methyl/N-ethyl adjacent to an activating group) is 1. The molecular weight excluding hydrogens is 324 g/mol. The minimum Gasteiger partial charge on any atom is -0.452 e. The summed E-state index contributed by atoms with van der Waals surface area (Å²) in [4.78, 5) is 2.16. The van der Waals surface area contributed by atoms with Gasteiger partial charge in [-0.2, -0.15) is 0 Å². The van der Waals surface area contributed by atoms with Crippen LogP contribution in [0.1, 0.15) is 12.7 Å². The van der Waals surface area contributed by atoms with Gasteiger partial charge in [0.25, 0.3) is 0 Å². The second-order valence-electron chi connectivity index (χ2n) is 3.88. The number of hydrogen-bond donors (Lipinski definition) is 1. The second kappa shape index (κ2) is 6.03. The van der Waals surface area contributed by atoms with Crippen molar-refractivity contribution < 1.29 is 4.42 Å². The summed E-state index contributed by atoms with van der Waals surface area (Å²) >= 11 is 6.70. The quantitative estimate of drug-likeness (QED) is 0.894. The van der Waals surface area contributed by atoms with Gasteiger partial charge in [-0.1, -0.05) is 0 Å². The van der Waals surface area contributed by atoms with Gasteiger partial charge in [0, 0.05) is 12.6 Å². The highest BCUT2D eigenvalue weighted by atomic mass is 79.9. The molecule has 0 radical (unpaired) electrons. The lowest BCUT2D eigenvalue weighted by Crippen LogP contribution is -2.35. The molecule has 0 aliphatic rings. The average molecular weight is 340 g/mol. The Bertz CT molecular complexity index is 293. The zero-order valence-corrected chi connectivity index (χ0v) is 12.4. The molecule has 0 amide bonds. The third-order valence-corrected chi connectivity index (χ3v) is 3.67. The predicted octanol–water partition coefficient (Wildman–Crippen LogP) is 2.84. The van der Waals surface area contributed by atoms with Crippen molar-refractivity contribution in [2.24, 2.45) is 0 Å². The number of nitrogens with one attached hydrogen (secondary N) is 1. The van der Waals surface area contributed by atoms with Gasteiger partial charge in [0.1, 0.15) is 5.76 Å². The number of nitrogens with zero attached hydrogens (tertiary/aromatic N) is 1. The molecule has 0 saturated heterocycles. The molecule has 1 atom stereocenters. The Kier molecular flexibility index (Phi) is 5.32. The summed E-state index contributed by atoms with van der Waals surface area (Å²) in [5, 5.41) is 3.39. The smallest absolute Gasteiger partial charge is 0.183 e. The number of hydrogen-bond acceptors (Lipinski definition) is 3. The average Bonchev–Trinajstić information content (AvgIpc) is 2.42. The predicted molar refractivity (Wildman–Crippen MR) is 69.0 cm³/mol. The highest BCUT2D eigenvalue weighted by Crippen LogP contribution is 2.26. The van der Waals surface area contributed by atoms with E-state index >= 15 is 0 Å². The molecule has 1 aromatic heterocycles. The first-order chi connectivity index (χ1) is 6.99. The fourth-order valence-corrected chi connectivity index (χ4v) is 2.02. The summed E-state index contributed by atoms with van der Waals surface area (Å²) in [6, 6.07) is 2.42. The first-order valence-corrected chi connectivity index (χ1v) is 6.39. The van der Waals surface area contributed by atoms with Crippen LogP contribution in [0.3, 0.4) is 0 Å². The van der Waals surface area contributed by atoms with Crippen LogP contribution in [0.4, 0.5) is 0 Å². The number of rotatable bonds is 5. The highest BCUT2D eigenvalue weighted by molar-refractivity contribution is 9.13. The number of furan rings is 1. The molecule has 86 valence electrons. The molecule has 1 aromatic rings. The summed E-state index contributed by atoms with van der Waals surface area (Å²) in [7, 11) is 4.14. The van der Waals surface area contributed by atoms with E-state index in [9.17, 15) is 0 Å². The van der Waals surface area contributed by atoms with E-state index in [1.807, 2.05) is 6.07 Å². The van der Waals surface area contributed by atoms with E-state index in [0.717, 1.165) is 28.0 Å². The van der Waals surface area contributed by atoms with Gasteiger partial charge in [0.15, 0.2) is 4.67 Å². The second-order valence-corrected chi connectivity index (χ2v) is 5.45. The van der Waals surface area contributed by atoms with Gasteiger partial charge >= 0.3 is 0 Å². The Morgan fingerprint density at radius 2 is 2.13 bits per heavy atom. The van der Waals surface area contributed by atoms with Gasteiger partial charge in [0.2, 0.25) is 0 Å². The van der Waals surface area contributed by atoms with E-state index < -0.39 is 0 Å². The Balaban J connectivity index is 2.36. The van der Waals surface area contributed by atoms with Gasteiger partial charge in [-0.05, 0) is 58.9 Å². The first-order valence-electron chi connectivity index (χ1n) is 4.81. The topological polar surface area (TPSA) is 28.4 Å². The Labute approximate surface area is 107 Å². The maximum Gasteiger partial charge on any atom is 0.183 e. The lowest BCUT2D eigenvalue weighted by Gasteiger charge is -2.17. The van der Waals surface area contributed by atoms with Crippen LogP contribution in [-0.2, 0) is 6.54 Å². The summed E-state index contributed by atoms with van der Waals surface area (Å²) in [5.74, 6) is 0.930. The molecular formula is C10H16Br2N2O. The van der Waals surface area contributed by atoms with Crippen molar-refractivity contribution >= 4 is 31.9 Å². The van der Waals surface area contributed by atoms with Crippen molar-refractivity contribution in [1.29, 1.82) is 0 Å². The van der Waals surface area contributed by atoms with Gasteiger partial charge < -0.3 is 14.6 Å². The molecule has 5 heteroatoms. The molecule has 0 fully saturated rings. The molecule has 1 heterocycles. The largest absolute Gasteiger partial charge is 0.452 e. The number of halogens is 2. The molecule has 1 unspecified atom stereocenters. The molecule has 3 nitrogen and oxygen atoms in total. The summed E-state index contributed by atoms with van der Waals surface area (Å²) in [6.07, 6.45) is 0. The van der Waals surface area contributed by atoms with Crippen molar-refractivity contribution in [2.45, 2.75) is 19.5 Å². The van der Waals surface area contributed by atoms with Crippen molar-refractivity contribution in [3.8, 4) is 0 Å². The third kappa shape index (κ3) is 4.68. The highest BCUT2D eigenvalue weighted by Gasteiger charge is 2.08. The Morgan fingerprint density at radius 1 is 1.47 bits per heavy atom. The zero-order valence-electron chi connectivity index (χ0n) is 9.18. The molecule has 0 aromatic carbocycles. The monoisotopic (exact) mass is 338 g/mol. The maximum atomic E-state index is 5.46. The Hall–Kier alpha value is 0.160. The minimum absolute atomic E-state index is 0.447. The van der Waals surface area contributed by atoms with E-state index in [0.29, 0.717) is 6.04 Å². The van der Waals surface area contributed by atoms with Gasteiger partial charge in [0.05, 0.1) is 11.0 Å². The molecule has 15 heavy (non-hydrogen) atoms. The van der Waals surface area contributed by atoms with Crippen LogP contribution < -0.4 is 5.32 Å². The van der Waals surface area contributed by atoms with E-state index in [4.69, 9.17) is 4.42 Å².